The summed E-state index contributed by atoms with van der Waals surface area (Å²) in [5.74, 6) is -0.778. The number of carbonyl (C=O) groups is 2. The number of aliphatic imine (C=N–C) groups is 1. The van der Waals surface area contributed by atoms with Crippen molar-refractivity contribution in [2.45, 2.75) is 32.1 Å². The third-order valence-electron chi connectivity index (χ3n) is 5.31. The molecular weight excluding hydrogens is 366 g/mol. The number of halogens is 2. The largest absolute Gasteiger partial charge is 0.341 e. The highest BCUT2D eigenvalue weighted by Crippen LogP contribution is 2.29. The van der Waals surface area contributed by atoms with Crippen molar-refractivity contribution < 1.29 is 18.4 Å². The van der Waals surface area contributed by atoms with E-state index in [4.69, 9.17) is 0 Å². The topological polar surface area (TPSA) is 73.8 Å². The van der Waals surface area contributed by atoms with Crippen LogP contribution in [0.15, 0.2) is 23.2 Å². The molecule has 2 unspecified atom stereocenters. The number of rotatable bonds is 6. The van der Waals surface area contributed by atoms with Gasteiger partial charge in [0.25, 0.3) is 0 Å². The number of amides is 3. The first kappa shape index (κ1) is 20.2. The van der Waals surface area contributed by atoms with Crippen LogP contribution in [0.3, 0.4) is 0 Å². The summed E-state index contributed by atoms with van der Waals surface area (Å²) in [5.41, 5.74) is -0.0574. The minimum atomic E-state index is -0.809. The van der Waals surface area contributed by atoms with E-state index in [1.807, 2.05) is 11.1 Å². The average molecular weight is 392 g/mol. The van der Waals surface area contributed by atoms with Gasteiger partial charge in [0.15, 0.2) is 0 Å². The van der Waals surface area contributed by atoms with Crippen LogP contribution in [0.2, 0.25) is 0 Å². The van der Waals surface area contributed by atoms with Crippen LogP contribution in [0.5, 0.6) is 0 Å². The Morgan fingerprint density at radius 3 is 2.75 bits per heavy atom. The van der Waals surface area contributed by atoms with Crippen LogP contribution in [-0.4, -0.2) is 49.2 Å². The summed E-state index contributed by atoms with van der Waals surface area (Å²) in [6.45, 7) is 2.38. The van der Waals surface area contributed by atoms with Gasteiger partial charge in [-0.2, -0.15) is 0 Å². The lowest BCUT2D eigenvalue weighted by atomic mass is 10.1. The lowest BCUT2D eigenvalue weighted by molar-refractivity contribution is -0.128. The summed E-state index contributed by atoms with van der Waals surface area (Å²) in [6, 6.07) is 2.49. The Kier molecular flexibility index (Phi) is 6.95. The van der Waals surface area contributed by atoms with E-state index in [0.29, 0.717) is 18.4 Å². The van der Waals surface area contributed by atoms with E-state index in [1.54, 1.807) is 0 Å². The van der Waals surface area contributed by atoms with Gasteiger partial charge in [-0.05, 0) is 56.1 Å². The number of benzene rings is 1. The second-order valence-corrected chi connectivity index (χ2v) is 7.48. The zero-order valence-electron chi connectivity index (χ0n) is 15.8. The molecule has 2 N–H and O–H groups in total. The fraction of sp³-hybridized carbons (Fsp3) is 0.550. The predicted molar refractivity (Wildman–Crippen MR) is 103 cm³/mol. The van der Waals surface area contributed by atoms with Crippen LogP contribution in [0.4, 0.5) is 19.3 Å². The Hall–Kier alpha value is -2.51. The highest BCUT2D eigenvalue weighted by molar-refractivity contribution is 5.89. The number of urea groups is 1. The Balaban J connectivity index is 1.35. The third-order valence-corrected chi connectivity index (χ3v) is 5.31. The van der Waals surface area contributed by atoms with Crippen LogP contribution in [-0.2, 0) is 4.79 Å². The van der Waals surface area contributed by atoms with Gasteiger partial charge in [-0.15, -0.1) is 0 Å². The number of nitrogens with one attached hydrogen (secondary N) is 2. The predicted octanol–water partition coefficient (Wildman–Crippen LogP) is 3.20. The molecule has 1 saturated carbocycles. The molecule has 6 nitrogen and oxygen atoms in total. The number of carbonyl (C=O) groups excluding carboxylic acids is 2. The summed E-state index contributed by atoms with van der Waals surface area (Å²) in [7, 11) is 0. The van der Waals surface area contributed by atoms with Gasteiger partial charge in [-0.3, -0.25) is 9.79 Å². The van der Waals surface area contributed by atoms with Gasteiger partial charge in [0.05, 0.1) is 5.69 Å². The van der Waals surface area contributed by atoms with E-state index in [2.05, 4.69) is 15.6 Å². The van der Waals surface area contributed by atoms with Crippen LogP contribution in [0.1, 0.15) is 32.1 Å². The van der Waals surface area contributed by atoms with Crippen molar-refractivity contribution in [2.24, 2.45) is 16.8 Å². The van der Waals surface area contributed by atoms with Crippen LogP contribution in [0, 0.1) is 23.5 Å². The first-order valence-corrected chi connectivity index (χ1v) is 9.79. The summed E-state index contributed by atoms with van der Waals surface area (Å²) in [5, 5.41) is 5.12. The van der Waals surface area contributed by atoms with Crippen molar-refractivity contribution in [1.82, 2.24) is 10.2 Å². The molecule has 0 aromatic heterocycles. The quantitative estimate of drug-likeness (QED) is 0.730. The van der Waals surface area contributed by atoms with Crippen LogP contribution >= 0.6 is 0 Å². The monoisotopic (exact) mass is 392 g/mol. The molecule has 1 heterocycles. The molecule has 28 heavy (non-hydrogen) atoms. The molecule has 0 spiro atoms. The molecule has 2 fully saturated rings. The molecule has 1 aromatic carbocycles. The van der Waals surface area contributed by atoms with Crippen molar-refractivity contribution in [2.75, 3.05) is 31.5 Å². The standard InChI is InChI=1S/C20H26F2N4O2/c21-16-5-6-18(17(22)10-16)25-20(28)24-12-15-4-3-14(9-15)11-23-13-19(27)26-7-1-2-8-26/h5-6,10-11,14-15H,1-4,7-9,12-13H2,(H2,24,25,28). The summed E-state index contributed by atoms with van der Waals surface area (Å²) < 4.78 is 26.4. The molecule has 0 radical (unpaired) electrons. The van der Waals surface area contributed by atoms with Crippen molar-refractivity contribution in [3.8, 4) is 0 Å². The van der Waals surface area contributed by atoms with Gasteiger partial charge < -0.3 is 15.5 Å². The molecule has 2 atom stereocenters. The van der Waals surface area contributed by atoms with Gasteiger partial charge in [-0.25, -0.2) is 13.6 Å². The number of nitrogens with zero attached hydrogens (tertiary/aromatic N) is 2. The molecular formula is C20H26F2N4O2. The highest BCUT2D eigenvalue weighted by atomic mass is 19.1. The van der Waals surface area contributed by atoms with E-state index in [0.717, 1.165) is 57.3 Å². The van der Waals surface area contributed by atoms with Gasteiger partial charge in [-0.1, -0.05) is 0 Å². The summed E-state index contributed by atoms with van der Waals surface area (Å²) >= 11 is 0. The molecule has 1 saturated heterocycles. The number of hydrogen-bond acceptors (Lipinski definition) is 3. The maximum absolute atomic E-state index is 13.6. The second-order valence-electron chi connectivity index (χ2n) is 7.48. The number of likely N-dealkylation sites (tertiary alicyclic amines) is 1. The highest BCUT2D eigenvalue weighted by Gasteiger charge is 2.24. The summed E-state index contributed by atoms with van der Waals surface area (Å²) in [4.78, 5) is 30.0. The van der Waals surface area contributed by atoms with Gasteiger partial charge >= 0.3 is 6.03 Å². The van der Waals surface area contributed by atoms with E-state index in [1.165, 1.54) is 6.07 Å². The Labute approximate surface area is 163 Å². The van der Waals surface area contributed by atoms with E-state index < -0.39 is 17.7 Å². The van der Waals surface area contributed by atoms with Crippen LogP contribution in [0.25, 0.3) is 0 Å². The number of hydrogen-bond donors (Lipinski definition) is 2. The van der Waals surface area contributed by atoms with Crippen molar-refractivity contribution >= 4 is 23.8 Å². The minimum absolute atomic E-state index is 0.0574. The molecule has 1 aliphatic carbocycles. The molecule has 2 aliphatic rings. The maximum atomic E-state index is 13.6. The summed E-state index contributed by atoms with van der Waals surface area (Å²) in [6.07, 6.45) is 6.86. The van der Waals surface area contributed by atoms with Crippen molar-refractivity contribution in [3.63, 3.8) is 0 Å². The van der Waals surface area contributed by atoms with E-state index in [-0.39, 0.29) is 18.1 Å². The Bertz CT molecular complexity index is 735. The molecule has 8 heteroatoms. The van der Waals surface area contributed by atoms with Gasteiger partial charge in [0.2, 0.25) is 5.91 Å². The fourth-order valence-corrected chi connectivity index (χ4v) is 3.78. The smallest absolute Gasteiger partial charge is 0.319 e. The minimum Gasteiger partial charge on any atom is -0.341 e. The number of anilines is 1. The van der Waals surface area contributed by atoms with E-state index >= 15 is 0 Å². The second kappa shape index (κ2) is 9.61. The molecule has 3 amide bonds. The van der Waals surface area contributed by atoms with Crippen molar-refractivity contribution in [3.05, 3.63) is 29.8 Å². The first-order valence-electron chi connectivity index (χ1n) is 9.79. The van der Waals surface area contributed by atoms with Gasteiger partial charge in [0.1, 0.15) is 18.2 Å². The fourth-order valence-electron chi connectivity index (χ4n) is 3.78. The normalized spacial score (nSPS) is 22.0. The molecule has 3 rings (SSSR count). The first-order chi connectivity index (χ1) is 13.5. The molecule has 152 valence electrons. The molecule has 1 aromatic rings. The molecule has 0 bridgehead atoms. The van der Waals surface area contributed by atoms with E-state index in [9.17, 15) is 18.4 Å². The maximum Gasteiger partial charge on any atom is 0.319 e. The Morgan fingerprint density at radius 2 is 2.00 bits per heavy atom. The zero-order chi connectivity index (χ0) is 19.9. The average Bonchev–Trinajstić information content (AvgIpc) is 3.34. The SMILES string of the molecule is O=C(NCC1CCC(C=NCC(=O)N2CCCC2)C1)Nc1ccc(F)cc1F. The lowest BCUT2D eigenvalue weighted by Crippen LogP contribution is -2.32. The zero-order valence-corrected chi connectivity index (χ0v) is 15.8. The van der Waals surface area contributed by atoms with Crippen molar-refractivity contribution in [1.29, 1.82) is 0 Å². The third kappa shape index (κ3) is 5.74. The van der Waals surface area contributed by atoms with Crippen LogP contribution < -0.4 is 10.6 Å². The molecule has 1 aliphatic heterocycles. The van der Waals surface area contributed by atoms with Gasteiger partial charge in [0, 0.05) is 31.9 Å². The lowest BCUT2D eigenvalue weighted by Gasteiger charge is -2.13. The Morgan fingerprint density at radius 1 is 1.21 bits per heavy atom.